The molecule has 3 heteroatoms. The lowest BCUT2D eigenvalue weighted by Crippen LogP contribution is -2.42. The average molecular weight is 351 g/mol. The first-order chi connectivity index (χ1) is 12.6. The SMILES string of the molecule is Cc1cccc(C)c1N=C(COCc1ccccc1)C1(O)CCCCC1. The molecule has 0 aromatic heterocycles. The molecule has 0 amide bonds. The van der Waals surface area contributed by atoms with Crippen LogP contribution in [0.2, 0.25) is 0 Å². The molecule has 2 aromatic carbocycles. The van der Waals surface area contributed by atoms with Crippen molar-refractivity contribution >= 4 is 11.4 Å². The molecule has 0 radical (unpaired) electrons. The Bertz CT molecular complexity index is 726. The lowest BCUT2D eigenvalue weighted by molar-refractivity contribution is 0.0578. The van der Waals surface area contributed by atoms with Crippen LogP contribution in [-0.2, 0) is 11.3 Å². The Morgan fingerprint density at radius 1 is 0.962 bits per heavy atom. The van der Waals surface area contributed by atoms with Crippen molar-refractivity contribution in [1.29, 1.82) is 0 Å². The number of nitrogens with zero attached hydrogens (tertiary/aromatic N) is 1. The van der Waals surface area contributed by atoms with E-state index in [1.807, 2.05) is 24.3 Å². The molecule has 26 heavy (non-hydrogen) atoms. The molecule has 1 aliphatic carbocycles. The fraction of sp³-hybridized carbons (Fsp3) is 0.435. The maximum atomic E-state index is 11.3. The largest absolute Gasteiger partial charge is 0.384 e. The minimum Gasteiger partial charge on any atom is -0.384 e. The zero-order chi connectivity index (χ0) is 18.4. The highest BCUT2D eigenvalue weighted by atomic mass is 16.5. The number of benzene rings is 2. The summed E-state index contributed by atoms with van der Waals surface area (Å²) in [5, 5.41) is 11.3. The van der Waals surface area contributed by atoms with Crippen molar-refractivity contribution in [3.8, 4) is 0 Å². The third-order valence-electron chi connectivity index (χ3n) is 5.25. The van der Waals surface area contributed by atoms with E-state index in [1.54, 1.807) is 0 Å². The van der Waals surface area contributed by atoms with E-state index in [0.29, 0.717) is 13.2 Å². The van der Waals surface area contributed by atoms with Crippen LogP contribution in [0, 0.1) is 13.8 Å². The van der Waals surface area contributed by atoms with E-state index in [2.05, 4.69) is 38.1 Å². The molecule has 1 aliphatic rings. The summed E-state index contributed by atoms with van der Waals surface area (Å²) in [7, 11) is 0. The van der Waals surface area contributed by atoms with E-state index >= 15 is 0 Å². The van der Waals surface area contributed by atoms with Gasteiger partial charge < -0.3 is 9.84 Å². The lowest BCUT2D eigenvalue weighted by Gasteiger charge is -2.33. The number of ether oxygens (including phenoxy) is 1. The van der Waals surface area contributed by atoms with Crippen molar-refractivity contribution in [3.63, 3.8) is 0 Å². The van der Waals surface area contributed by atoms with Gasteiger partial charge in [-0.3, -0.25) is 4.99 Å². The minimum absolute atomic E-state index is 0.360. The third kappa shape index (κ3) is 4.60. The Kier molecular flexibility index (Phi) is 6.23. The maximum Gasteiger partial charge on any atom is 0.105 e. The monoisotopic (exact) mass is 351 g/mol. The number of para-hydroxylation sites is 1. The summed E-state index contributed by atoms with van der Waals surface area (Å²) < 4.78 is 5.96. The maximum absolute atomic E-state index is 11.3. The van der Waals surface area contributed by atoms with Gasteiger partial charge in [-0.15, -0.1) is 0 Å². The molecular formula is C23H29NO2. The van der Waals surface area contributed by atoms with E-state index in [-0.39, 0.29) is 0 Å². The van der Waals surface area contributed by atoms with Crippen molar-refractivity contribution in [1.82, 2.24) is 0 Å². The van der Waals surface area contributed by atoms with Crippen LogP contribution in [-0.4, -0.2) is 23.0 Å². The Morgan fingerprint density at radius 3 is 2.27 bits per heavy atom. The van der Waals surface area contributed by atoms with E-state index in [0.717, 1.165) is 53.8 Å². The lowest BCUT2D eigenvalue weighted by atomic mass is 9.81. The van der Waals surface area contributed by atoms with Crippen LogP contribution < -0.4 is 0 Å². The smallest absolute Gasteiger partial charge is 0.105 e. The molecule has 0 bridgehead atoms. The molecule has 0 unspecified atom stereocenters. The summed E-state index contributed by atoms with van der Waals surface area (Å²) in [6.07, 6.45) is 4.81. The fourth-order valence-electron chi connectivity index (χ4n) is 3.65. The Labute approximate surface area is 156 Å². The zero-order valence-corrected chi connectivity index (χ0v) is 15.9. The van der Waals surface area contributed by atoms with Crippen molar-refractivity contribution < 1.29 is 9.84 Å². The molecule has 0 aliphatic heterocycles. The quantitative estimate of drug-likeness (QED) is 0.719. The van der Waals surface area contributed by atoms with Crippen molar-refractivity contribution in [2.45, 2.75) is 58.2 Å². The Balaban J connectivity index is 1.83. The van der Waals surface area contributed by atoms with Crippen LogP contribution >= 0.6 is 0 Å². The molecule has 138 valence electrons. The van der Waals surface area contributed by atoms with Gasteiger partial charge in [0.2, 0.25) is 0 Å². The molecule has 0 saturated heterocycles. The molecule has 0 atom stereocenters. The van der Waals surface area contributed by atoms with Crippen LogP contribution in [0.25, 0.3) is 0 Å². The van der Waals surface area contributed by atoms with Crippen LogP contribution in [0.15, 0.2) is 53.5 Å². The van der Waals surface area contributed by atoms with E-state index in [4.69, 9.17) is 9.73 Å². The number of hydrogen-bond donors (Lipinski definition) is 1. The topological polar surface area (TPSA) is 41.8 Å². The van der Waals surface area contributed by atoms with Gasteiger partial charge in [-0.05, 0) is 43.4 Å². The number of aliphatic hydroxyl groups is 1. The second kappa shape index (κ2) is 8.61. The Morgan fingerprint density at radius 2 is 1.62 bits per heavy atom. The van der Waals surface area contributed by atoms with Crippen LogP contribution in [0.5, 0.6) is 0 Å². The van der Waals surface area contributed by atoms with Gasteiger partial charge in [0.05, 0.1) is 24.6 Å². The highest BCUT2D eigenvalue weighted by molar-refractivity contribution is 5.96. The summed E-state index contributed by atoms with van der Waals surface area (Å²) in [4.78, 5) is 4.93. The molecule has 2 aromatic rings. The molecule has 3 rings (SSSR count). The summed E-state index contributed by atoms with van der Waals surface area (Å²) >= 11 is 0. The zero-order valence-electron chi connectivity index (χ0n) is 15.9. The summed E-state index contributed by atoms with van der Waals surface area (Å²) in [6.45, 7) is 5.03. The standard InChI is InChI=1S/C23H29NO2/c1-18-10-9-11-19(2)22(18)24-21(23(25)14-7-4-8-15-23)17-26-16-20-12-5-3-6-13-20/h3,5-6,9-13,25H,4,7-8,14-17H2,1-2H3. The van der Waals surface area contributed by atoms with Crippen LogP contribution in [0.4, 0.5) is 5.69 Å². The van der Waals surface area contributed by atoms with Gasteiger partial charge in [0.25, 0.3) is 0 Å². The average Bonchev–Trinajstić information content (AvgIpc) is 2.65. The number of hydrogen-bond acceptors (Lipinski definition) is 3. The minimum atomic E-state index is -0.844. The van der Waals surface area contributed by atoms with E-state index < -0.39 is 5.60 Å². The molecular weight excluding hydrogens is 322 g/mol. The van der Waals surface area contributed by atoms with Gasteiger partial charge >= 0.3 is 0 Å². The van der Waals surface area contributed by atoms with Gasteiger partial charge in [0, 0.05) is 0 Å². The van der Waals surface area contributed by atoms with Crippen molar-refractivity contribution in [2.24, 2.45) is 4.99 Å². The van der Waals surface area contributed by atoms with Gasteiger partial charge in [-0.1, -0.05) is 67.8 Å². The van der Waals surface area contributed by atoms with Gasteiger partial charge in [0.15, 0.2) is 0 Å². The first kappa shape index (κ1) is 18.8. The second-order valence-corrected chi connectivity index (χ2v) is 7.37. The van der Waals surface area contributed by atoms with Crippen molar-refractivity contribution in [3.05, 3.63) is 65.2 Å². The molecule has 0 heterocycles. The highest BCUT2D eigenvalue weighted by Crippen LogP contribution is 2.32. The first-order valence-electron chi connectivity index (χ1n) is 9.57. The van der Waals surface area contributed by atoms with Gasteiger partial charge in [-0.25, -0.2) is 0 Å². The number of rotatable bonds is 6. The number of aliphatic imine (C=N–C) groups is 1. The molecule has 1 fully saturated rings. The second-order valence-electron chi connectivity index (χ2n) is 7.37. The summed E-state index contributed by atoms with van der Waals surface area (Å²) in [5.74, 6) is 0. The fourth-order valence-corrected chi connectivity index (χ4v) is 3.65. The summed E-state index contributed by atoms with van der Waals surface area (Å²) in [6, 6.07) is 16.3. The normalized spacial score (nSPS) is 17.3. The van der Waals surface area contributed by atoms with Crippen molar-refractivity contribution in [2.75, 3.05) is 6.61 Å². The third-order valence-corrected chi connectivity index (χ3v) is 5.25. The van der Waals surface area contributed by atoms with Gasteiger partial charge in [0.1, 0.15) is 5.60 Å². The molecule has 3 nitrogen and oxygen atoms in total. The molecule has 1 saturated carbocycles. The predicted molar refractivity (Wildman–Crippen MR) is 107 cm³/mol. The van der Waals surface area contributed by atoms with E-state index in [9.17, 15) is 5.11 Å². The Hall–Kier alpha value is -1.97. The van der Waals surface area contributed by atoms with Crippen LogP contribution in [0.1, 0.15) is 48.8 Å². The van der Waals surface area contributed by atoms with Gasteiger partial charge in [-0.2, -0.15) is 0 Å². The first-order valence-corrected chi connectivity index (χ1v) is 9.57. The summed E-state index contributed by atoms with van der Waals surface area (Å²) in [5.41, 5.74) is 4.28. The molecule has 1 N–H and O–H groups in total. The highest BCUT2D eigenvalue weighted by Gasteiger charge is 2.35. The van der Waals surface area contributed by atoms with E-state index in [1.165, 1.54) is 6.42 Å². The molecule has 0 spiro atoms. The predicted octanol–water partition coefficient (Wildman–Crippen LogP) is 5.29. The number of aryl methyl sites for hydroxylation is 2. The van der Waals surface area contributed by atoms with Crippen LogP contribution in [0.3, 0.4) is 0 Å².